The van der Waals surface area contributed by atoms with E-state index in [9.17, 15) is 0 Å². The summed E-state index contributed by atoms with van der Waals surface area (Å²) in [5.74, 6) is 0. The lowest BCUT2D eigenvalue weighted by atomic mass is 9.92. The molecule has 0 unspecified atom stereocenters. The maximum absolute atomic E-state index is 6.12. The molecule has 0 aromatic heterocycles. The van der Waals surface area contributed by atoms with Crippen LogP contribution in [0.2, 0.25) is 18.1 Å². The highest BCUT2D eigenvalue weighted by Gasteiger charge is 2.39. The summed E-state index contributed by atoms with van der Waals surface area (Å²) >= 11 is 0. The Hall–Kier alpha value is 0.131. The van der Waals surface area contributed by atoms with E-state index in [0.29, 0.717) is 64.4 Å². The fourth-order valence-corrected chi connectivity index (χ4v) is 9.33. The van der Waals surface area contributed by atoms with Crippen LogP contribution in [-0.2, 0) is 58.8 Å². The first kappa shape index (κ1) is 40.1. The van der Waals surface area contributed by atoms with Gasteiger partial charge in [0.25, 0.3) is 0 Å². The third kappa shape index (κ3) is 14.1. The summed E-state index contributed by atoms with van der Waals surface area (Å²) in [6, 6.07) is 1.94. The standard InChI is InChI=1S/C24H56O13Si3/c1-25-20-24(21-35-14-11-17-38(26-2,27-3)28-4,22-36-15-12-18-39(29-5,30-6)31-7)23-37-16-13-19-40(32-8,33-9)34-10/h11-23H2,1-10H3. The zero-order valence-electron chi connectivity index (χ0n) is 26.5. The minimum absolute atomic E-state index is 0.391. The van der Waals surface area contributed by atoms with Gasteiger partial charge in [-0.1, -0.05) is 0 Å². The molecule has 0 fully saturated rings. The fraction of sp³-hybridized carbons (Fsp3) is 1.00. The van der Waals surface area contributed by atoms with Gasteiger partial charge in [-0.25, -0.2) is 0 Å². The number of hydrogen-bond donors (Lipinski definition) is 0. The van der Waals surface area contributed by atoms with E-state index < -0.39 is 31.8 Å². The number of rotatable bonds is 29. The third-order valence-electron chi connectivity index (χ3n) is 6.79. The van der Waals surface area contributed by atoms with Gasteiger partial charge in [-0.05, 0) is 19.3 Å². The van der Waals surface area contributed by atoms with E-state index in [1.165, 1.54) is 0 Å². The van der Waals surface area contributed by atoms with Gasteiger partial charge in [-0.15, -0.1) is 0 Å². The Morgan fingerprint density at radius 1 is 0.375 bits per heavy atom. The maximum atomic E-state index is 6.12. The Morgan fingerprint density at radius 3 is 0.825 bits per heavy atom. The summed E-state index contributed by atoms with van der Waals surface area (Å²) in [5, 5.41) is 0. The molecule has 0 radical (unpaired) electrons. The van der Waals surface area contributed by atoms with Crippen LogP contribution >= 0.6 is 0 Å². The zero-order chi connectivity index (χ0) is 30.4. The van der Waals surface area contributed by atoms with Crippen LogP contribution in [0.3, 0.4) is 0 Å². The average Bonchev–Trinajstić information content (AvgIpc) is 3.00. The van der Waals surface area contributed by atoms with E-state index >= 15 is 0 Å². The molecule has 40 heavy (non-hydrogen) atoms. The van der Waals surface area contributed by atoms with Crippen LogP contribution in [0.4, 0.5) is 0 Å². The highest BCUT2D eigenvalue weighted by atomic mass is 28.4. The topological polar surface area (TPSA) is 120 Å². The van der Waals surface area contributed by atoms with Crippen LogP contribution in [0, 0.1) is 5.41 Å². The van der Waals surface area contributed by atoms with Gasteiger partial charge >= 0.3 is 26.4 Å². The van der Waals surface area contributed by atoms with Crippen LogP contribution in [0.5, 0.6) is 0 Å². The van der Waals surface area contributed by atoms with Gasteiger partial charge in [-0.2, -0.15) is 0 Å². The molecule has 0 bridgehead atoms. The molecule has 0 aliphatic rings. The molecule has 0 spiro atoms. The second-order valence-electron chi connectivity index (χ2n) is 9.29. The van der Waals surface area contributed by atoms with Crippen LogP contribution in [0.15, 0.2) is 0 Å². The predicted molar refractivity (Wildman–Crippen MR) is 155 cm³/mol. The molecule has 13 nitrogen and oxygen atoms in total. The quantitative estimate of drug-likeness (QED) is 0.0884. The van der Waals surface area contributed by atoms with E-state index in [2.05, 4.69) is 0 Å². The van der Waals surface area contributed by atoms with Crippen molar-refractivity contribution in [2.45, 2.75) is 37.4 Å². The molecule has 0 aromatic rings. The maximum Gasteiger partial charge on any atom is 0.500 e. The summed E-state index contributed by atoms with van der Waals surface area (Å²) in [7, 11) is 8.18. The van der Waals surface area contributed by atoms with Gasteiger partial charge in [0, 0.05) is 109 Å². The SMILES string of the molecule is COCC(COCCC[Si](OC)(OC)OC)(COCCC[Si](OC)(OC)OC)COCCC[Si](OC)(OC)OC. The highest BCUT2D eigenvalue weighted by molar-refractivity contribution is 6.61. The van der Waals surface area contributed by atoms with Crippen molar-refractivity contribution in [3.63, 3.8) is 0 Å². The van der Waals surface area contributed by atoms with Gasteiger partial charge in [0.1, 0.15) is 0 Å². The zero-order valence-corrected chi connectivity index (χ0v) is 29.5. The Morgan fingerprint density at radius 2 is 0.625 bits per heavy atom. The minimum atomic E-state index is -2.65. The van der Waals surface area contributed by atoms with E-state index in [1.807, 2.05) is 0 Å². The minimum Gasteiger partial charge on any atom is -0.384 e. The molecule has 0 saturated heterocycles. The van der Waals surface area contributed by atoms with Crippen LogP contribution in [0.1, 0.15) is 19.3 Å². The first-order chi connectivity index (χ1) is 19.2. The molecule has 0 amide bonds. The third-order valence-corrected chi connectivity index (χ3v) is 15.3. The van der Waals surface area contributed by atoms with E-state index in [1.54, 1.807) is 71.1 Å². The van der Waals surface area contributed by atoms with Crippen molar-refractivity contribution in [3.05, 3.63) is 0 Å². The molecule has 242 valence electrons. The largest absolute Gasteiger partial charge is 0.500 e. The molecule has 0 aliphatic heterocycles. The monoisotopic (exact) mass is 636 g/mol. The first-order valence-electron chi connectivity index (χ1n) is 13.4. The number of ether oxygens (including phenoxy) is 4. The predicted octanol–water partition coefficient (Wildman–Crippen LogP) is 2.47. The molecular weight excluding hydrogens is 581 g/mol. The van der Waals surface area contributed by atoms with Crippen molar-refractivity contribution in [2.75, 3.05) is 117 Å². The Labute approximate surface area is 245 Å². The van der Waals surface area contributed by atoms with Crippen molar-refractivity contribution < 1.29 is 58.8 Å². The van der Waals surface area contributed by atoms with Gasteiger partial charge in [-0.3, -0.25) is 0 Å². The Balaban J connectivity index is 5.13. The smallest absolute Gasteiger partial charge is 0.384 e. The lowest BCUT2D eigenvalue weighted by molar-refractivity contribution is -0.100. The molecule has 0 N–H and O–H groups in total. The van der Waals surface area contributed by atoms with Crippen molar-refractivity contribution in [3.8, 4) is 0 Å². The van der Waals surface area contributed by atoms with Crippen molar-refractivity contribution >= 4 is 26.4 Å². The molecule has 0 aliphatic carbocycles. The Kier molecular flexibility index (Phi) is 22.7. The molecular formula is C24H56O13Si3. The molecule has 0 heterocycles. The molecule has 0 atom stereocenters. The first-order valence-corrected chi connectivity index (χ1v) is 19.2. The summed E-state index contributed by atoms with van der Waals surface area (Å²) in [5.41, 5.74) is -0.510. The normalized spacial score (nSPS) is 13.3. The van der Waals surface area contributed by atoms with Gasteiger partial charge in [0.15, 0.2) is 0 Å². The summed E-state index contributed by atoms with van der Waals surface area (Å²) in [4.78, 5) is 0. The highest BCUT2D eigenvalue weighted by Crippen LogP contribution is 2.23. The van der Waals surface area contributed by atoms with E-state index in [-0.39, 0.29) is 0 Å². The molecule has 16 heteroatoms. The second-order valence-corrected chi connectivity index (χ2v) is 18.6. The van der Waals surface area contributed by atoms with E-state index in [0.717, 1.165) is 19.3 Å². The summed E-state index contributed by atoms with van der Waals surface area (Å²) in [6.45, 7) is 3.09. The lowest BCUT2D eigenvalue weighted by Crippen LogP contribution is -2.44. The molecule has 0 rings (SSSR count). The lowest BCUT2D eigenvalue weighted by Gasteiger charge is -2.33. The fourth-order valence-electron chi connectivity index (χ4n) is 4.26. The van der Waals surface area contributed by atoms with Gasteiger partial charge in [0.2, 0.25) is 0 Å². The molecule has 0 aromatic carbocycles. The van der Waals surface area contributed by atoms with Gasteiger partial charge < -0.3 is 58.8 Å². The second kappa shape index (κ2) is 22.6. The van der Waals surface area contributed by atoms with Crippen molar-refractivity contribution in [1.29, 1.82) is 0 Å². The number of hydrogen-bond acceptors (Lipinski definition) is 13. The van der Waals surface area contributed by atoms with Crippen molar-refractivity contribution in [1.82, 2.24) is 0 Å². The van der Waals surface area contributed by atoms with Crippen LogP contribution in [0.25, 0.3) is 0 Å². The molecule has 0 saturated carbocycles. The van der Waals surface area contributed by atoms with Crippen LogP contribution < -0.4 is 0 Å². The summed E-state index contributed by atoms with van der Waals surface area (Å²) < 4.78 is 73.5. The van der Waals surface area contributed by atoms with Crippen molar-refractivity contribution in [2.24, 2.45) is 5.41 Å². The van der Waals surface area contributed by atoms with Gasteiger partial charge in [0.05, 0.1) is 31.8 Å². The van der Waals surface area contributed by atoms with E-state index in [4.69, 9.17) is 58.8 Å². The average molecular weight is 637 g/mol. The number of methoxy groups -OCH3 is 1. The van der Waals surface area contributed by atoms with Crippen LogP contribution in [-0.4, -0.2) is 144 Å². The Bertz CT molecular complexity index is 495. The summed E-state index contributed by atoms with van der Waals surface area (Å²) in [6.07, 6.45) is 2.17.